The van der Waals surface area contributed by atoms with E-state index in [9.17, 15) is 19.2 Å². The summed E-state index contributed by atoms with van der Waals surface area (Å²) in [5.74, 6) is -2.57. The first kappa shape index (κ1) is 23.2. The van der Waals surface area contributed by atoms with E-state index in [-0.39, 0.29) is 17.5 Å². The van der Waals surface area contributed by atoms with Gasteiger partial charge in [0.05, 0.1) is 11.1 Å². The maximum absolute atomic E-state index is 13.1. The molecule has 3 amide bonds. The number of imide groups is 1. The average Bonchev–Trinajstić information content (AvgIpc) is 3.09. The van der Waals surface area contributed by atoms with E-state index in [0.717, 1.165) is 16.0 Å². The highest BCUT2D eigenvalue weighted by Gasteiger charge is 2.43. The van der Waals surface area contributed by atoms with Crippen LogP contribution in [-0.2, 0) is 20.7 Å². The first-order chi connectivity index (χ1) is 16.3. The smallest absolute Gasteiger partial charge is 0.330 e. The number of carbonyl (C=O) groups is 4. The molecule has 0 saturated carbocycles. The Hall–Kier alpha value is -3.97. The topological polar surface area (TPSA) is 92.8 Å². The number of hydrogen-bond acceptors (Lipinski definition) is 5. The number of nitrogens with zero attached hydrogens (tertiary/aromatic N) is 1. The van der Waals surface area contributed by atoms with Crippen LogP contribution in [0.4, 0.5) is 5.69 Å². The third-order valence-corrected chi connectivity index (χ3v) is 5.89. The molecular weight excluding hydrogens is 456 g/mol. The van der Waals surface area contributed by atoms with Gasteiger partial charge in [-0.3, -0.25) is 19.3 Å². The fraction of sp³-hybridized carbons (Fsp3) is 0.154. The zero-order chi connectivity index (χ0) is 24.2. The van der Waals surface area contributed by atoms with E-state index in [0.29, 0.717) is 10.7 Å². The van der Waals surface area contributed by atoms with Gasteiger partial charge in [0.25, 0.3) is 17.7 Å². The second-order valence-corrected chi connectivity index (χ2v) is 8.26. The van der Waals surface area contributed by atoms with Crippen LogP contribution >= 0.6 is 11.6 Å². The lowest BCUT2D eigenvalue weighted by molar-refractivity contribution is -0.151. The molecule has 0 spiro atoms. The third kappa shape index (κ3) is 4.84. The molecule has 1 heterocycles. The van der Waals surface area contributed by atoms with Gasteiger partial charge in [-0.15, -0.1) is 0 Å². The van der Waals surface area contributed by atoms with E-state index in [2.05, 4.69) is 5.32 Å². The van der Waals surface area contributed by atoms with Gasteiger partial charge in [0.1, 0.15) is 6.04 Å². The van der Waals surface area contributed by atoms with Gasteiger partial charge in [-0.25, -0.2) is 4.79 Å². The van der Waals surface area contributed by atoms with Crippen LogP contribution in [0.3, 0.4) is 0 Å². The van der Waals surface area contributed by atoms with Crippen LogP contribution in [0.15, 0.2) is 72.8 Å². The SMILES string of the molecule is Cc1ccc(NC(=O)COC(=O)[C@@H](Cc2ccccc2)N2C(=O)c3ccccc3C2=O)cc1Cl. The van der Waals surface area contributed by atoms with E-state index >= 15 is 0 Å². The lowest BCUT2D eigenvalue weighted by Crippen LogP contribution is -2.47. The number of ether oxygens (including phenoxy) is 1. The summed E-state index contributed by atoms with van der Waals surface area (Å²) in [6, 6.07) is 19.2. The summed E-state index contributed by atoms with van der Waals surface area (Å²) in [4.78, 5) is 52.3. The molecule has 0 aromatic heterocycles. The van der Waals surface area contributed by atoms with Crippen molar-refractivity contribution in [3.8, 4) is 0 Å². The van der Waals surface area contributed by atoms with E-state index in [1.807, 2.05) is 13.0 Å². The zero-order valence-electron chi connectivity index (χ0n) is 18.3. The Labute approximate surface area is 201 Å². The Morgan fingerprint density at radius 3 is 2.18 bits per heavy atom. The van der Waals surface area contributed by atoms with Gasteiger partial charge in [0.15, 0.2) is 6.61 Å². The summed E-state index contributed by atoms with van der Waals surface area (Å²) in [6.07, 6.45) is 0.0559. The first-order valence-electron chi connectivity index (χ1n) is 10.6. The number of rotatable bonds is 7. The summed E-state index contributed by atoms with van der Waals surface area (Å²) >= 11 is 6.08. The molecule has 34 heavy (non-hydrogen) atoms. The highest BCUT2D eigenvalue weighted by Crippen LogP contribution is 2.26. The highest BCUT2D eigenvalue weighted by molar-refractivity contribution is 6.31. The van der Waals surface area contributed by atoms with E-state index in [4.69, 9.17) is 16.3 Å². The van der Waals surface area contributed by atoms with Crippen LogP contribution in [0.25, 0.3) is 0 Å². The van der Waals surface area contributed by atoms with E-state index in [1.54, 1.807) is 66.7 Å². The van der Waals surface area contributed by atoms with Crippen molar-refractivity contribution >= 4 is 41.0 Å². The summed E-state index contributed by atoms with van der Waals surface area (Å²) in [6.45, 7) is 1.25. The van der Waals surface area contributed by atoms with Crippen molar-refractivity contribution in [1.82, 2.24) is 4.90 Å². The molecule has 0 saturated heterocycles. The van der Waals surface area contributed by atoms with Gasteiger partial charge in [0, 0.05) is 17.1 Å². The molecule has 172 valence electrons. The monoisotopic (exact) mass is 476 g/mol. The number of carbonyl (C=O) groups excluding carboxylic acids is 4. The largest absolute Gasteiger partial charge is 0.454 e. The van der Waals surface area contributed by atoms with Gasteiger partial charge in [-0.1, -0.05) is 60.1 Å². The zero-order valence-corrected chi connectivity index (χ0v) is 19.0. The Morgan fingerprint density at radius 1 is 0.941 bits per heavy atom. The predicted octanol–water partition coefficient (Wildman–Crippen LogP) is 4.04. The number of benzene rings is 3. The Bertz CT molecular complexity index is 1240. The molecule has 0 aliphatic carbocycles. The van der Waals surface area contributed by atoms with Crippen LogP contribution in [-0.4, -0.2) is 41.2 Å². The van der Waals surface area contributed by atoms with Gasteiger partial charge in [-0.2, -0.15) is 0 Å². The molecule has 0 unspecified atom stereocenters. The van der Waals surface area contributed by atoms with Crippen molar-refractivity contribution in [3.63, 3.8) is 0 Å². The Kier molecular flexibility index (Phi) is 6.75. The second kappa shape index (κ2) is 9.89. The molecule has 3 aromatic carbocycles. The predicted molar refractivity (Wildman–Crippen MR) is 127 cm³/mol. The average molecular weight is 477 g/mol. The molecule has 0 fully saturated rings. The standard InChI is InChI=1S/C26H21ClN2O5/c1-16-11-12-18(14-21(16)27)28-23(30)15-34-26(33)22(13-17-7-3-2-4-8-17)29-24(31)19-9-5-6-10-20(19)25(29)32/h2-12,14,22H,13,15H2,1H3,(H,28,30)/t22-/m1/s1. The van der Waals surface area contributed by atoms with Gasteiger partial charge >= 0.3 is 5.97 Å². The maximum Gasteiger partial charge on any atom is 0.330 e. The Morgan fingerprint density at radius 2 is 1.56 bits per heavy atom. The first-order valence-corrected chi connectivity index (χ1v) is 11.0. The molecular formula is C26H21ClN2O5. The third-order valence-electron chi connectivity index (χ3n) is 5.48. The number of hydrogen-bond donors (Lipinski definition) is 1. The fourth-order valence-corrected chi connectivity index (χ4v) is 3.89. The number of aryl methyl sites for hydroxylation is 1. The summed E-state index contributed by atoms with van der Waals surface area (Å²) in [7, 11) is 0. The second-order valence-electron chi connectivity index (χ2n) is 7.85. The van der Waals surface area contributed by atoms with Crippen LogP contribution < -0.4 is 5.32 Å². The van der Waals surface area contributed by atoms with Crippen LogP contribution in [0.1, 0.15) is 31.8 Å². The molecule has 1 aliphatic rings. The lowest BCUT2D eigenvalue weighted by atomic mass is 10.0. The van der Waals surface area contributed by atoms with Crippen LogP contribution in [0.5, 0.6) is 0 Å². The number of esters is 1. The minimum atomic E-state index is -1.23. The summed E-state index contributed by atoms with van der Waals surface area (Å²) < 4.78 is 5.24. The van der Waals surface area contributed by atoms with Gasteiger partial charge < -0.3 is 10.1 Å². The van der Waals surface area contributed by atoms with Crippen molar-refractivity contribution < 1.29 is 23.9 Å². The molecule has 3 aromatic rings. The summed E-state index contributed by atoms with van der Waals surface area (Å²) in [5, 5.41) is 3.10. The van der Waals surface area contributed by atoms with Crippen molar-refractivity contribution in [1.29, 1.82) is 0 Å². The van der Waals surface area contributed by atoms with Gasteiger partial charge in [0.2, 0.25) is 0 Å². The molecule has 1 N–H and O–H groups in total. The van der Waals surface area contributed by atoms with Crippen molar-refractivity contribution in [2.24, 2.45) is 0 Å². The molecule has 1 atom stereocenters. The number of amides is 3. The fourth-order valence-electron chi connectivity index (χ4n) is 3.71. The molecule has 8 heteroatoms. The number of halogens is 1. The van der Waals surface area contributed by atoms with Crippen LogP contribution in [0.2, 0.25) is 5.02 Å². The quantitative estimate of drug-likeness (QED) is 0.410. The lowest BCUT2D eigenvalue weighted by Gasteiger charge is -2.24. The van der Waals surface area contributed by atoms with Crippen LogP contribution in [0, 0.1) is 6.92 Å². The molecule has 1 aliphatic heterocycles. The van der Waals surface area contributed by atoms with Crippen molar-refractivity contribution in [2.75, 3.05) is 11.9 Å². The molecule has 0 radical (unpaired) electrons. The van der Waals surface area contributed by atoms with E-state index < -0.39 is 36.3 Å². The number of fused-ring (bicyclic) bond motifs is 1. The summed E-state index contributed by atoms with van der Waals surface area (Å²) in [5.41, 5.74) is 2.51. The number of anilines is 1. The van der Waals surface area contributed by atoms with E-state index in [1.165, 1.54) is 0 Å². The van der Waals surface area contributed by atoms with Crippen molar-refractivity contribution in [2.45, 2.75) is 19.4 Å². The molecule has 0 bridgehead atoms. The highest BCUT2D eigenvalue weighted by atomic mass is 35.5. The maximum atomic E-state index is 13.1. The van der Waals surface area contributed by atoms with Gasteiger partial charge in [-0.05, 0) is 42.3 Å². The normalized spacial score (nSPS) is 13.4. The Balaban J connectivity index is 1.50. The minimum absolute atomic E-state index is 0.0559. The molecule has 4 rings (SSSR count). The minimum Gasteiger partial charge on any atom is -0.454 e. The number of nitrogens with one attached hydrogen (secondary N) is 1. The molecule has 7 nitrogen and oxygen atoms in total. The van der Waals surface area contributed by atoms with Crippen molar-refractivity contribution in [3.05, 3.63) is 100 Å².